The lowest BCUT2D eigenvalue weighted by Gasteiger charge is -2.21. The van der Waals surface area contributed by atoms with E-state index < -0.39 is 9.84 Å². The molecule has 112 valence electrons. The summed E-state index contributed by atoms with van der Waals surface area (Å²) in [6.45, 7) is 0. The Labute approximate surface area is 121 Å². The van der Waals surface area contributed by atoms with Crippen LogP contribution in [-0.4, -0.2) is 49.0 Å². The Balaban J connectivity index is 1.76. The lowest BCUT2D eigenvalue weighted by Crippen LogP contribution is -2.37. The van der Waals surface area contributed by atoms with Gasteiger partial charge in [0, 0.05) is 19.2 Å². The Morgan fingerprint density at radius 2 is 2.24 bits per heavy atom. The molecular formula is C13H14N2O5S. The molecule has 0 unspecified atom stereocenters. The third-order valence-corrected chi connectivity index (χ3v) is 5.32. The van der Waals surface area contributed by atoms with E-state index in [9.17, 15) is 13.2 Å². The van der Waals surface area contributed by atoms with Crippen molar-refractivity contribution in [3.63, 3.8) is 0 Å². The molecule has 0 spiro atoms. The molecule has 0 saturated carbocycles. The van der Waals surface area contributed by atoms with Crippen molar-refractivity contribution >= 4 is 15.7 Å². The molecule has 2 aromatic rings. The van der Waals surface area contributed by atoms with Gasteiger partial charge in [0.25, 0.3) is 5.91 Å². The zero-order chi connectivity index (χ0) is 15.0. The smallest absolute Gasteiger partial charge is 0.276 e. The van der Waals surface area contributed by atoms with E-state index in [1.165, 1.54) is 17.2 Å². The van der Waals surface area contributed by atoms with Gasteiger partial charge in [-0.15, -0.1) is 0 Å². The number of rotatable bonds is 3. The minimum Gasteiger partial charge on any atom is -0.461 e. The van der Waals surface area contributed by atoms with Crippen LogP contribution in [0.3, 0.4) is 0 Å². The molecule has 1 aliphatic heterocycles. The van der Waals surface area contributed by atoms with Gasteiger partial charge in [-0.3, -0.25) is 4.79 Å². The molecule has 0 aromatic carbocycles. The first-order valence-corrected chi connectivity index (χ1v) is 8.26. The highest BCUT2D eigenvalue weighted by molar-refractivity contribution is 7.91. The summed E-state index contributed by atoms with van der Waals surface area (Å²) in [5.74, 6) is 0.589. The minimum atomic E-state index is -3.04. The van der Waals surface area contributed by atoms with E-state index in [2.05, 4.69) is 5.16 Å². The number of hydrogen-bond acceptors (Lipinski definition) is 6. The number of sulfone groups is 1. The van der Waals surface area contributed by atoms with Crippen molar-refractivity contribution in [3.05, 3.63) is 30.2 Å². The first kappa shape index (κ1) is 13.9. The molecule has 0 N–H and O–H groups in total. The second kappa shape index (κ2) is 5.03. The molecule has 2 aromatic heterocycles. The third kappa shape index (κ3) is 2.71. The molecular weight excluding hydrogens is 296 g/mol. The highest BCUT2D eigenvalue weighted by atomic mass is 32.2. The van der Waals surface area contributed by atoms with E-state index in [0.717, 1.165) is 0 Å². The summed E-state index contributed by atoms with van der Waals surface area (Å²) in [6, 6.07) is 4.57. The Hall–Kier alpha value is -2.09. The summed E-state index contributed by atoms with van der Waals surface area (Å²) < 4.78 is 33.2. The summed E-state index contributed by atoms with van der Waals surface area (Å²) in [6.07, 6.45) is 1.95. The van der Waals surface area contributed by atoms with Crippen molar-refractivity contribution in [2.24, 2.45) is 0 Å². The molecule has 3 heterocycles. The number of hydrogen-bond donors (Lipinski definition) is 0. The molecule has 8 heteroatoms. The van der Waals surface area contributed by atoms with Crippen molar-refractivity contribution < 1.29 is 22.2 Å². The van der Waals surface area contributed by atoms with Crippen molar-refractivity contribution in [2.75, 3.05) is 18.6 Å². The fraction of sp³-hybridized carbons (Fsp3) is 0.385. The van der Waals surface area contributed by atoms with Crippen molar-refractivity contribution in [1.82, 2.24) is 10.1 Å². The highest BCUT2D eigenvalue weighted by Gasteiger charge is 2.34. The van der Waals surface area contributed by atoms with E-state index >= 15 is 0 Å². The van der Waals surface area contributed by atoms with Gasteiger partial charge in [0.1, 0.15) is 0 Å². The number of carbonyl (C=O) groups excluding carboxylic acids is 1. The number of nitrogens with zero attached hydrogens (tertiary/aromatic N) is 2. The van der Waals surface area contributed by atoms with Gasteiger partial charge in [-0.05, 0) is 18.6 Å². The second-order valence-electron chi connectivity index (χ2n) is 5.03. The predicted octanol–water partition coefficient (Wildman–Crippen LogP) is 1.19. The Morgan fingerprint density at radius 3 is 2.86 bits per heavy atom. The molecule has 1 atom stereocenters. The van der Waals surface area contributed by atoms with E-state index in [4.69, 9.17) is 8.94 Å². The molecule has 0 radical (unpaired) electrons. The second-order valence-corrected chi connectivity index (χ2v) is 7.26. The Kier molecular flexibility index (Phi) is 3.32. The molecule has 1 amide bonds. The molecule has 0 aliphatic carbocycles. The van der Waals surface area contributed by atoms with Crippen molar-refractivity contribution in [2.45, 2.75) is 12.5 Å². The van der Waals surface area contributed by atoms with Crippen LogP contribution in [0.25, 0.3) is 11.5 Å². The van der Waals surface area contributed by atoms with Crippen LogP contribution in [0.2, 0.25) is 0 Å². The molecule has 1 fully saturated rings. The highest BCUT2D eigenvalue weighted by Crippen LogP contribution is 2.23. The normalized spacial score (nSPS) is 20.5. The Bertz CT molecular complexity index is 747. The van der Waals surface area contributed by atoms with E-state index in [1.54, 1.807) is 19.2 Å². The molecule has 1 saturated heterocycles. The van der Waals surface area contributed by atoms with Crippen LogP contribution in [0, 0.1) is 0 Å². The van der Waals surface area contributed by atoms with Gasteiger partial charge in [0.2, 0.25) is 5.76 Å². The van der Waals surface area contributed by atoms with Crippen LogP contribution < -0.4 is 0 Å². The first-order valence-electron chi connectivity index (χ1n) is 6.44. The fourth-order valence-electron chi connectivity index (χ4n) is 2.34. The van der Waals surface area contributed by atoms with E-state index in [-0.39, 0.29) is 29.1 Å². The predicted molar refractivity (Wildman–Crippen MR) is 73.4 cm³/mol. The molecule has 3 rings (SSSR count). The maximum Gasteiger partial charge on any atom is 0.276 e. The van der Waals surface area contributed by atoms with Gasteiger partial charge in [-0.2, -0.15) is 0 Å². The summed E-state index contributed by atoms with van der Waals surface area (Å²) in [5.41, 5.74) is 0.133. The topological polar surface area (TPSA) is 93.6 Å². The average molecular weight is 310 g/mol. The summed E-state index contributed by atoms with van der Waals surface area (Å²) >= 11 is 0. The van der Waals surface area contributed by atoms with Crippen LogP contribution in [-0.2, 0) is 9.84 Å². The van der Waals surface area contributed by atoms with Crippen LogP contribution in [0.5, 0.6) is 0 Å². The number of carbonyl (C=O) groups is 1. The summed E-state index contributed by atoms with van der Waals surface area (Å²) in [5, 5.41) is 3.73. The van der Waals surface area contributed by atoms with Gasteiger partial charge in [0.15, 0.2) is 21.3 Å². The average Bonchev–Trinajstić information content (AvgIpc) is 3.16. The van der Waals surface area contributed by atoms with E-state index in [1.807, 2.05) is 0 Å². The van der Waals surface area contributed by atoms with Crippen LogP contribution in [0.4, 0.5) is 0 Å². The van der Waals surface area contributed by atoms with E-state index in [0.29, 0.717) is 17.9 Å². The lowest BCUT2D eigenvalue weighted by molar-refractivity contribution is 0.0737. The van der Waals surface area contributed by atoms with Crippen LogP contribution in [0.15, 0.2) is 33.4 Å². The van der Waals surface area contributed by atoms with Gasteiger partial charge >= 0.3 is 0 Å². The van der Waals surface area contributed by atoms with Crippen LogP contribution in [0.1, 0.15) is 16.9 Å². The molecule has 0 bridgehead atoms. The van der Waals surface area contributed by atoms with Gasteiger partial charge < -0.3 is 13.8 Å². The zero-order valence-corrected chi connectivity index (χ0v) is 12.2. The number of amides is 1. The monoisotopic (exact) mass is 310 g/mol. The standard InChI is InChI=1S/C13H14N2O5S/c1-15(9-4-6-21(17,18)8-9)13(16)10-7-12(20-14-10)11-3-2-5-19-11/h2-3,5,7,9H,4,6,8H2,1H3/t9-/m0/s1. The lowest BCUT2D eigenvalue weighted by atomic mass is 10.2. The van der Waals surface area contributed by atoms with Crippen molar-refractivity contribution in [3.8, 4) is 11.5 Å². The fourth-order valence-corrected chi connectivity index (χ4v) is 4.11. The number of aromatic nitrogens is 1. The molecule has 1 aliphatic rings. The maximum atomic E-state index is 12.3. The third-order valence-electron chi connectivity index (χ3n) is 3.57. The zero-order valence-electron chi connectivity index (χ0n) is 11.4. The first-order chi connectivity index (χ1) is 9.96. The largest absolute Gasteiger partial charge is 0.461 e. The van der Waals surface area contributed by atoms with Crippen LogP contribution >= 0.6 is 0 Å². The van der Waals surface area contributed by atoms with Gasteiger partial charge in [-0.25, -0.2) is 8.42 Å². The summed E-state index contributed by atoms with van der Waals surface area (Å²) in [7, 11) is -1.46. The SMILES string of the molecule is CN(C(=O)c1cc(-c2ccco2)on1)[C@H]1CCS(=O)(=O)C1. The van der Waals surface area contributed by atoms with Crippen molar-refractivity contribution in [1.29, 1.82) is 0 Å². The summed E-state index contributed by atoms with van der Waals surface area (Å²) in [4.78, 5) is 13.7. The molecule has 21 heavy (non-hydrogen) atoms. The number of furan rings is 1. The Morgan fingerprint density at radius 1 is 1.43 bits per heavy atom. The quantitative estimate of drug-likeness (QED) is 0.845. The van der Waals surface area contributed by atoms with Gasteiger partial charge in [0.05, 0.1) is 17.8 Å². The maximum absolute atomic E-state index is 12.3. The minimum absolute atomic E-state index is 0.00185. The van der Waals surface area contributed by atoms with Gasteiger partial charge in [-0.1, -0.05) is 5.16 Å². The molecule has 7 nitrogen and oxygen atoms in total.